The first-order valence-electron chi connectivity index (χ1n) is 5.02. The van der Waals surface area contributed by atoms with E-state index in [9.17, 15) is 0 Å². The van der Waals surface area contributed by atoms with Crippen molar-refractivity contribution in [1.29, 1.82) is 0 Å². The van der Waals surface area contributed by atoms with Gasteiger partial charge < -0.3 is 5.32 Å². The molecule has 0 aliphatic carbocycles. The number of nitrogens with zero attached hydrogens (tertiary/aromatic N) is 1. The Labute approximate surface area is 98.6 Å². The van der Waals surface area contributed by atoms with Crippen LogP contribution in [0.25, 0.3) is 0 Å². The lowest BCUT2D eigenvalue weighted by Crippen LogP contribution is -1.92. The number of anilines is 2. The smallest absolute Gasteiger partial charge is 0.0864 e. The molecule has 2 aromatic carbocycles. The molecule has 0 saturated carbocycles. The Morgan fingerprint density at radius 3 is 2.81 bits per heavy atom. The third kappa shape index (κ3) is 1.57. The van der Waals surface area contributed by atoms with Crippen molar-refractivity contribution >= 4 is 34.9 Å². The molecule has 0 bridgehead atoms. The molecule has 0 atom stereocenters. The van der Waals surface area contributed by atoms with Crippen LogP contribution in [-0.2, 0) is 0 Å². The first-order chi connectivity index (χ1) is 7.83. The van der Waals surface area contributed by atoms with E-state index in [4.69, 9.17) is 11.6 Å². The number of nitrogens with one attached hydrogen (secondary N) is 1. The summed E-state index contributed by atoms with van der Waals surface area (Å²) in [5.41, 5.74) is 3.98. The van der Waals surface area contributed by atoms with Gasteiger partial charge in [-0.25, -0.2) is 0 Å². The number of hydrogen-bond acceptors (Lipinski definition) is 2. The summed E-state index contributed by atoms with van der Waals surface area (Å²) in [4.78, 5) is 4.42. The normalized spacial score (nSPS) is 12.3. The summed E-state index contributed by atoms with van der Waals surface area (Å²) in [6.45, 7) is 0. The van der Waals surface area contributed by atoms with Gasteiger partial charge in [0.15, 0.2) is 0 Å². The summed E-state index contributed by atoms with van der Waals surface area (Å²) < 4.78 is 0. The van der Waals surface area contributed by atoms with E-state index in [2.05, 4.69) is 10.3 Å². The van der Waals surface area contributed by atoms with E-state index in [1.54, 1.807) is 0 Å². The van der Waals surface area contributed by atoms with Gasteiger partial charge in [0, 0.05) is 22.5 Å². The molecule has 2 nitrogen and oxygen atoms in total. The molecule has 0 aromatic heterocycles. The third-order valence-electron chi connectivity index (χ3n) is 2.53. The molecular formula is C13H9ClN2. The van der Waals surface area contributed by atoms with Crippen LogP contribution in [0.3, 0.4) is 0 Å². The van der Waals surface area contributed by atoms with Crippen molar-refractivity contribution in [3.05, 3.63) is 53.1 Å². The van der Waals surface area contributed by atoms with Crippen LogP contribution >= 0.6 is 11.6 Å². The van der Waals surface area contributed by atoms with Crippen molar-refractivity contribution in [2.24, 2.45) is 4.99 Å². The van der Waals surface area contributed by atoms with Gasteiger partial charge in [-0.15, -0.1) is 0 Å². The molecule has 0 spiro atoms. The summed E-state index contributed by atoms with van der Waals surface area (Å²) in [6.07, 6.45) is 1.83. The molecule has 78 valence electrons. The standard InChI is InChI=1S/C13H9ClN2/c14-10-5-6-11-9(7-10)8-15-12-3-1-2-4-13(12)16-11/h1-8,16H. The summed E-state index contributed by atoms with van der Waals surface area (Å²) in [6, 6.07) is 13.7. The Kier molecular flexibility index (Phi) is 2.15. The highest BCUT2D eigenvalue weighted by Crippen LogP contribution is 2.32. The number of benzene rings is 2. The molecule has 3 rings (SSSR count). The molecular weight excluding hydrogens is 220 g/mol. The van der Waals surface area contributed by atoms with Crippen molar-refractivity contribution in [2.75, 3.05) is 5.32 Å². The Morgan fingerprint density at radius 1 is 1.00 bits per heavy atom. The van der Waals surface area contributed by atoms with Crippen LogP contribution < -0.4 is 5.32 Å². The molecule has 1 aliphatic rings. The topological polar surface area (TPSA) is 24.4 Å². The van der Waals surface area contributed by atoms with Crippen molar-refractivity contribution < 1.29 is 0 Å². The zero-order valence-electron chi connectivity index (χ0n) is 8.44. The van der Waals surface area contributed by atoms with Crippen LogP contribution in [0, 0.1) is 0 Å². The second-order valence-corrected chi connectivity index (χ2v) is 4.07. The fourth-order valence-electron chi connectivity index (χ4n) is 1.73. The van der Waals surface area contributed by atoms with Gasteiger partial charge in [-0.3, -0.25) is 4.99 Å². The minimum Gasteiger partial charge on any atom is -0.353 e. The number of hydrogen-bond donors (Lipinski definition) is 1. The van der Waals surface area contributed by atoms with Gasteiger partial charge in [0.25, 0.3) is 0 Å². The lowest BCUT2D eigenvalue weighted by Gasteiger charge is -2.08. The van der Waals surface area contributed by atoms with Crippen molar-refractivity contribution in [2.45, 2.75) is 0 Å². The van der Waals surface area contributed by atoms with Crippen molar-refractivity contribution in [3.8, 4) is 0 Å². The molecule has 0 fully saturated rings. The van der Waals surface area contributed by atoms with Gasteiger partial charge in [-0.05, 0) is 30.3 Å². The van der Waals surface area contributed by atoms with Crippen LogP contribution in [0.5, 0.6) is 0 Å². The summed E-state index contributed by atoms with van der Waals surface area (Å²) in [7, 11) is 0. The summed E-state index contributed by atoms with van der Waals surface area (Å²) >= 11 is 5.95. The largest absolute Gasteiger partial charge is 0.353 e. The van der Waals surface area contributed by atoms with Crippen LogP contribution in [0.15, 0.2) is 47.5 Å². The number of aliphatic imine (C=N–C) groups is 1. The lowest BCUT2D eigenvalue weighted by molar-refractivity contribution is 1.51. The Morgan fingerprint density at radius 2 is 1.88 bits per heavy atom. The van der Waals surface area contributed by atoms with Crippen LogP contribution in [0.2, 0.25) is 5.02 Å². The highest BCUT2D eigenvalue weighted by atomic mass is 35.5. The maximum atomic E-state index is 5.95. The van der Waals surface area contributed by atoms with Gasteiger partial charge in [0.2, 0.25) is 0 Å². The molecule has 0 amide bonds. The Balaban J connectivity index is 2.17. The van der Waals surface area contributed by atoms with Crippen molar-refractivity contribution in [1.82, 2.24) is 0 Å². The molecule has 2 aromatic rings. The maximum Gasteiger partial charge on any atom is 0.0864 e. The van der Waals surface area contributed by atoms with E-state index in [1.807, 2.05) is 48.7 Å². The van der Waals surface area contributed by atoms with Crippen LogP contribution in [0.4, 0.5) is 17.1 Å². The molecule has 0 unspecified atom stereocenters. The van der Waals surface area contributed by atoms with E-state index in [-0.39, 0.29) is 0 Å². The van der Waals surface area contributed by atoms with Gasteiger partial charge in [-0.1, -0.05) is 23.7 Å². The average Bonchev–Trinajstić information content (AvgIpc) is 2.48. The molecule has 1 N–H and O–H groups in total. The summed E-state index contributed by atoms with van der Waals surface area (Å²) in [5, 5.41) is 4.07. The van der Waals surface area contributed by atoms with E-state index in [0.717, 1.165) is 27.6 Å². The molecule has 3 heteroatoms. The average molecular weight is 229 g/mol. The zero-order chi connectivity index (χ0) is 11.0. The minimum atomic E-state index is 0.720. The highest BCUT2D eigenvalue weighted by Gasteiger charge is 2.08. The van der Waals surface area contributed by atoms with E-state index < -0.39 is 0 Å². The van der Waals surface area contributed by atoms with Crippen LogP contribution in [0.1, 0.15) is 5.56 Å². The van der Waals surface area contributed by atoms with Gasteiger partial charge in [-0.2, -0.15) is 0 Å². The second-order valence-electron chi connectivity index (χ2n) is 3.63. The van der Waals surface area contributed by atoms with Gasteiger partial charge in [0.05, 0.1) is 11.4 Å². The van der Waals surface area contributed by atoms with E-state index in [1.165, 1.54) is 0 Å². The Hall–Kier alpha value is -1.80. The zero-order valence-corrected chi connectivity index (χ0v) is 9.20. The fraction of sp³-hybridized carbons (Fsp3) is 0. The van der Waals surface area contributed by atoms with Crippen LogP contribution in [-0.4, -0.2) is 6.21 Å². The summed E-state index contributed by atoms with van der Waals surface area (Å²) in [5.74, 6) is 0. The number of rotatable bonds is 0. The molecule has 1 heterocycles. The monoisotopic (exact) mass is 228 g/mol. The number of halogens is 1. The fourth-order valence-corrected chi connectivity index (χ4v) is 1.91. The highest BCUT2D eigenvalue weighted by molar-refractivity contribution is 6.31. The predicted octanol–water partition coefficient (Wildman–Crippen LogP) is 4.15. The maximum absolute atomic E-state index is 5.95. The second kappa shape index (κ2) is 3.65. The molecule has 1 aliphatic heterocycles. The first kappa shape index (κ1) is 9.43. The third-order valence-corrected chi connectivity index (χ3v) is 2.76. The van der Waals surface area contributed by atoms with Crippen molar-refractivity contribution in [3.63, 3.8) is 0 Å². The first-order valence-corrected chi connectivity index (χ1v) is 5.40. The van der Waals surface area contributed by atoms with E-state index >= 15 is 0 Å². The molecule has 16 heavy (non-hydrogen) atoms. The SMILES string of the molecule is Clc1ccc2c(c1)C=Nc1ccccc1N2. The predicted molar refractivity (Wildman–Crippen MR) is 68.4 cm³/mol. The number of fused-ring (bicyclic) bond motifs is 2. The molecule has 0 saturated heterocycles. The van der Waals surface area contributed by atoms with Gasteiger partial charge in [0.1, 0.15) is 0 Å². The Bertz CT molecular complexity index is 576. The number of para-hydroxylation sites is 2. The quantitative estimate of drug-likeness (QED) is 0.614. The minimum absolute atomic E-state index is 0.720. The van der Waals surface area contributed by atoms with Gasteiger partial charge >= 0.3 is 0 Å². The lowest BCUT2D eigenvalue weighted by atomic mass is 10.2. The molecule has 0 radical (unpaired) electrons. The van der Waals surface area contributed by atoms with E-state index in [0.29, 0.717) is 0 Å².